The second-order valence-electron chi connectivity index (χ2n) is 5.29. The van der Waals surface area contributed by atoms with Crippen LogP contribution in [0.5, 0.6) is 5.75 Å². The third-order valence-electron chi connectivity index (χ3n) is 3.67. The van der Waals surface area contributed by atoms with E-state index >= 15 is 0 Å². The Hall–Kier alpha value is -2.74. The van der Waals surface area contributed by atoms with Crippen LogP contribution >= 0.6 is 11.3 Å². The third kappa shape index (κ3) is 3.13. The minimum Gasteiger partial charge on any atom is -0.497 e. The summed E-state index contributed by atoms with van der Waals surface area (Å²) in [6.07, 6.45) is 1.38. The van der Waals surface area contributed by atoms with Gasteiger partial charge in [-0.2, -0.15) is 0 Å². The van der Waals surface area contributed by atoms with Gasteiger partial charge in [0.05, 0.1) is 23.7 Å². The molecule has 1 amide bonds. The number of benzene rings is 1. The summed E-state index contributed by atoms with van der Waals surface area (Å²) in [5, 5.41) is 3.20. The molecular formula is C16H16N4O3S. The summed E-state index contributed by atoms with van der Waals surface area (Å²) in [5.41, 5.74) is 1.77. The number of methoxy groups -OCH3 is 1. The van der Waals surface area contributed by atoms with Gasteiger partial charge in [0.15, 0.2) is 5.13 Å². The molecule has 0 spiro atoms. The summed E-state index contributed by atoms with van der Waals surface area (Å²) < 4.78 is 7.37. The molecule has 0 saturated heterocycles. The van der Waals surface area contributed by atoms with Crippen LogP contribution < -0.4 is 15.6 Å². The molecule has 0 fully saturated rings. The molecule has 124 valence electrons. The molecule has 1 N–H and O–H groups in total. The van der Waals surface area contributed by atoms with E-state index in [2.05, 4.69) is 15.3 Å². The standard InChI is InChI=1S/C16H16N4O3S/c1-9-10(2)17-8-20(15(9)22)7-14(21)19-16-18-12-5-4-11(23-3)6-13(12)24-16/h4-6,8H,7H2,1-3H3,(H,18,19,21). The fraction of sp³-hybridized carbons (Fsp3) is 0.250. The largest absolute Gasteiger partial charge is 0.497 e. The van der Waals surface area contributed by atoms with Gasteiger partial charge < -0.3 is 10.1 Å². The maximum Gasteiger partial charge on any atom is 0.256 e. The van der Waals surface area contributed by atoms with Gasteiger partial charge in [0.2, 0.25) is 5.91 Å². The fourth-order valence-electron chi connectivity index (χ4n) is 2.19. The average molecular weight is 344 g/mol. The van der Waals surface area contributed by atoms with Crippen molar-refractivity contribution < 1.29 is 9.53 Å². The van der Waals surface area contributed by atoms with Gasteiger partial charge in [-0.15, -0.1) is 0 Å². The summed E-state index contributed by atoms with van der Waals surface area (Å²) in [6.45, 7) is 3.35. The third-order valence-corrected chi connectivity index (χ3v) is 4.60. The molecule has 0 atom stereocenters. The van der Waals surface area contributed by atoms with E-state index < -0.39 is 0 Å². The van der Waals surface area contributed by atoms with Gasteiger partial charge >= 0.3 is 0 Å². The molecule has 0 aliphatic carbocycles. The number of hydrogen-bond donors (Lipinski definition) is 1. The molecule has 24 heavy (non-hydrogen) atoms. The van der Waals surface area contributed by atoms with E-state index in [1.165, 1.54) is 22.2 Å². The van der Waals surface area contributed by atoms with Crippen molar-refractivity contribution in [2.75, 3.05) is 12.4 Å². The summed E-state index contributed by atoms with van der Waals surface area (Å²) in [6, 6.07) is 5.51. The molecule has 2 heterocycles. The van der Waals surface area contributed by atoms with Crippen molar-refractivity contribution in [3.05, 3.63) is 46.1 Å². The number of aryl methyl sites for hydroxylation is 1. The quantitative estimate of drug-likeness (QED) is 0.783. The zero-order valence-corrected chi connectivity index (χ0v) is 14.3. The molecular weight excluding hydrogens is 328 g/mol. The van der Waals surface area contributed by atoms with Crippen molar-refractivity contribution in [1.82, 2.24) is 14.5 Å². The van der Waals surface area contributed by atoms with Gasteiger partial charge in [0.1, 0.15) is 12.3 Å². The highest BCUT2D eigenvalue weighted by atomic mass is 32.1. The van der Waals surface area contributed by atoms with Gasteiger partial charge in [-0.05, 0) is 32.0 Å². The Labute approximate surface area is 141 Å². The number of anilines is 1. The van der Waals surface area contributed by atoms with Crippen molar-refractivity contribution in [1.29, 1.82) is 0 Å². The summed E-state index contributed by atoms with van der Waals surface area (Å²) >= 11 is 1.35. The number of rotatable bonds is 4. The van der Waals surface area contributed by atoms with Crippen LogP contribution in [-0.4, -0.2) is 27.6 Å². The zero-order valence-electron chi connectivity index (χ0n) is 13.5. The number of nitrogens with one attached hydrogen (secondary N) is 1. The average Bonchev–Trinajstić information content (AvgIpc) is 2.96. The summed E-state index contributed by atoms with van der Waals surface area (Å²) in [7, 11) is 1.60. The second kappa shape index (κ2) is 6.40. The van der Waals surface area contributed by atoms with Gasteiger partial charge in [-0.25, -0.2) is 9.97 Å². The molecule has 1 aromatic carbocycles. The van der Waals surface area contributed by atoms with Gasteiger partial charge in [0.25, 0.3) is 5.56 Å². The highest BCUT2D eigenvalue weighted by Crippen LogP contribution is 2.29. The van der Waals surface area contributed by atoms with Crippen LogP contribution in [0.1, 0.15) is 11.3 Å². The molecule has 8 heteroatoms. The Morgan fingerprint density at radius 3 is 2.92 bits per heavy atom. The summed E-state index contributed by atoms with van der Waals surface area (Å²) in [5.74, 6) is 0.407. The zero-order chi connectivity index (χ0) is 17.3. The van der Waals surface area contributed by atoms with E-state index in [1.54, 1.807) is 21.0 Å². The van der Waals surface area contributed by atoms with Gasteiger partial charge in [-0.3, -0.25) is 14.2 Å². The van der Waals surface area contributed by atoms with Crippen molar-refractivity contribution in [3.8, 4) is 5.75 Å². The highest BCUT2D eigenvalue weighted by Gasteiger charge is 2.11. The molecule has 2 aromatic heterocycles. The Morgan fingerprint density at radius 2 is 2.17 bits per heavy atom. The Kier molecular flexibility index (Phi) is 4.30. The molecule has 3 rings (SSSR count). The first-order chi connectivity index (χ1) is 11.5. The number of amides is 1. The first-order valence-corrected chi connectivity index (χ1v) is 8.06. The molecule has 0 radical (unpaired) electrons. The molecule has 0 aliphatic heterocycles. The lowest BCUT2D eigenvalue weighted by Crippen LogP contribution is -2.29. The van der Waals surface area contributed by atoms with Crippen molar-refractivity contribution in [3.63, 3.8) is 0 Å². The molecule has 0 unspecified atom stereocenters. The van der Waals surface area contributed by atoms with Crippen LogP contribution in [0.25, 0.3) is 10.2 Å². The number of aromatic nitrogens is 3. The van der Waals surface area contributed by atoms with Crippen LogP contribution in [0.2, 0.25) is 0 Å². The number of ether oxygens (including phenoxy) is 1. The van der Waals surface area contributed by atoms with Gasteiger partial charge in [-0.1, -0.05) is 11.3 Å². The van der Waals surface area contributed by atoms with Crippen LogP contribution in [-0.2, 0) is 11.3 Å². The van der Waals surface area contributed by atoms with Crippen molar-refractivity contribution >= 4 is 32.6 Å². The maximum absolute atomic E-state index is 12.2. The van der Waals surface area contributed by atoms with E-state index in [0.717, 1.165) is 16.0 Å². The lowest BCUT2D eigenvalue weighted by atomic mass is 10.3. The minimum atomic E-state index is -0.326. The number of thiazole rings is 1. The van der Waals surface area contributed by atoms with Gasteiger partial charge in [0, 0.05) is 11.3 Å². The van der Waals surface area contributed by atoms with Crippen LogP contribution in [0.3, 0.4) is 0 Å². The minimum absolute atomic E-state index is 0.105. The van der Waals surface area contributed by atoms with E-state index in [4.69, 9.17) is 4.74 Å². The van der Waals surface area contributed by atoms with Crippen LogP contribution in [0.4, 0.5) is 5.13 Å². The maximum atomic E-state index is 12.2. The molecule has 0 bridgehead atoms. The molecule has 7 nitrogen and oxygen atoms in total. The van der Waals surface area contributed by atoms with Crippen LogP contribution in [0.15, 0.2) is 29.3 Å². The SMILES string of the molecule is COc1ccc2nc(NC(=O)Cn3cnc(C)c(C)c3=O)sc2c1. The molecule has 0 aliphatic rings. The molecule has 0 saturated carbocycles. The second-order valence-corrected chi connectivity index (χ2v) is 6.32. The summed E-state index contributed by atoms with van der Waals surface area (Å²) in [4.78, 5) is 32.7. The number of carbonyl (C=O) groups excluding carboxylic acids is 1. The number of fused-ring (bicyclic) bond motifs is 1. The predicted molar refractivity (Wildman–Crippen MR) is 92.8 cm³/mol. The Balaban J connectivity index is 1.78. The van der Waals surface area contributed by atoms with E-state index in [9.17, 15) is 9.59 Å². The van der Waals surface area contributed by atoms with Crippen molar-refractivity contribution in [2.24, 2.45) is 0 Å². The van der Waals surface area contributed by atoms with E-state index in [-0.39, 0.29) is 18.0 Å². The number of nitrogens with zero attached hydrogens (tertiary/aromatic N) is 3. The predicted octanol–water partition coefficient (Wildman–Crippen LogP) is 2.12. The van der Waals surface area contributed by atoms with E-state index in [0.29, 0.717) is 16.4 Å². The van der Waals surface area contributed by atoms with Crippen molar-refractivity contribution in [2.45, 2.75) is 20.4 Å². The lowest BCUT2D eigenvalue weighted by molar-refractivity contribution is -0.116. The molecule has 3 aromatic rings. The van der Waals surface area contributed by atoms with E-state index in [1.807, 2.05) is 18.2 Å². The smallest absolute Gasteiger partial charge is 0.256 e. The fourth-order valence-corrected chi connectivity index (χ4v) is 3.10. The first-order valence-electron chi connectivity index (χ1n) is 7.25. The monoisotopic (exact) mass is 344 g/mol. The Bertz CT molecular complexity index is 977. The highest BCUT2D eigenvalue weighted by molar-refractivity contribution is 7.22. The normalized spacial score (nSPS) is 10.8. The topological polar surface area (TPSA) is 86.1 Å². The lowest BCUT2D eigenvalue weighted by Gasteiger charge is -2.07. The number of hydrogen-bond acceptors (Lipinski definition) is 6. The first kappa shape index (κ1) is 16.1. The number of carbonyl (C=O) groups is 1. The Morgan fingerprint density at radius 1 is 1.38 bits per heavy atom. The van der Waals surface area contributed by atoms with Crippen LogP contribution in [0, 0.1) is 13.8 Å².